The van der Waals surface area contributed by atoms with Crippen LogP contribution < -0.4 is 0 Å². The molecule has 0 aromatic carbocycles. The Labute approximate surface area is 93.7 Å². The van der Waals surface area contributed by atoms with Gasteiger partial charge >= 0.3 is 6.18 Å². The highest BCUT2D eigenvalue weighted by Crippen LogP contribution is 2.32. The predicted octanol–water partition coefficient (Wildman–Crippen LogP) is 3.33. The van der Waals surface area contributed by atoms with Crippen LogP contribution in [0.1, 0.15) is 27.7 Å². The second-order valence-corrected chi connectivity index (χ2v) is 5.26. The number of nitrogens with zero attached hydrogens (tertiary/aromatic N) is 2. The third-order valence-electron chi connectivity index (χ3n) is 3.10. The quantitative estimate of drug-likeness (QED) is 0.665. The zero-order valence-electron chi connectivity index (χ0n) is 9.97. The van der Waals surface area contributed by atoms with Crippen molar-refractivity contribution in [3.63, 3.8) is 0 Å². The van der Waals surface area contributed by atoms with Crippen LogP contribution in [0.25, 0.3) is 0 Å². The first kappa shape index (κ1) is 13.2. The Kier molecular flexibility index (Phi) is 3.45. The standard InChI is InChI=1S/C11H17F3N2/c1-7(10(2,3)4)8-5-15-9(16-6-8)11(12,13)14/h5,7-8H,6H2,1-4H3/t7-,8?/m1/s1. The van der Waals surface area contributed by atoms with E-state index in [0.717, 1.165) is 0 Å². The maximum absolute atomic E-state index is 12.3. The molecule has 1 unspecified atom stereocenters. The molecule has 1 heterocycles. The number of aliphatic imine (C=N–C) groups is 2. The molecule has 2 nitrogen and oxygen atoms in total. The van der Waals surface area contributed by atoms with Crippen LogP contribution in [-0.2, 0) is 0 Å². The summed E-state index contributed by atoms with van der Waals surface area (Å²) in [7, 11) is 0. The predicted molar refractivity (Wildman–Crippen MR) is 59.0 cm³/mol. The van der Waals surface area contributed by atoms with Crippen LogP contribution in [0.2, 0.25) is 0 Å². The van der Waals surface area contributed by atoms with Gasteiger partial charge in [-0.25, -0.2) is 4.99 Å². The minimum absolute atomic E-state index is 0.00824. The van der Waals surface area contributed by atoms with E-state index in [2.05, 4.69) is 30.8 Å². The van der Waals surface area contributed by atoms with Crippen LogP contribution in [0.4, 0.5) is 13.2 Å². The first-order valence-corrected chi connectivity index (χ1v) is 5.28. The smallest absolute Gasteiger partial charge is 0.262 e. The van der Waals surface area contributed by atoms with Gasteiger partial charge in [-0.05, 0) is 11.3 Å². The SMILES string of the molecule is C[C@H](C1C=NC(C(F)(F)F)=NC1)C(C)(C)C. The Balaban J connectivity index is 2.70. The fourth-order valence-corrected chi connectivity index (χ4v) is 1.54. The monoisotopic (exact) mass is 234 g/mol. The number of hydrogen-bond acceptors (Lipinski definition) is 2. The molecule has 0 aromatic heterocycles. The Morgan fingerprint density at radius 2 is 1.88 bits per heavy atom. The molecule has 5 heteroatoms. The summed E-state index contributed by atoms with van der Waals surface area (Å²) < 4.78 is 36.8. The zero-order chi connectivity index (χ0) is 12.6. The second kappa shape index (κ2) is 4.18. The normalized spacial score (nSPS) is 24.2. The molecule has 16 heavy (non-hydrogen) atoms. The van der Waals surface area contributed by atoms with E-state index in [4.69, 9.17) is 0 Å². The summed E-state index contributed by atoms with van der Waals surface area (Å²) in [5, 5.41) is 0. The molecule has 0 aliphatic carbocycles. The van der Waals surface area contributed by atoms with Crippen molar-refractivity contribution >= 4 is 12.1 Å². The molecule has 1 rings (SSSR count). The molecule has 1 aliphatic rings. The van der Waals surface area contributed by atoms with Crippen LogP contribution in [0.15, 0.2) is 9.98 Å². The van der Waals surface area contributed by atoms with E-state index in [1.807, 2.05) is 6.92 Å². The number of rotatable bonds is 1. The average Bonchev–Trinajstić information content (AvgIpc) is 2.14. The van der Waals surface area contributed by atoms with E-state index in [9.17, 15) is 13.2 Å². The van der Waals surface area contributed by atoms with Gasteiger partial charge in [0.2, 0.25) is 5.84 Å². The van der Waals surface area contributed by atoms with Crippen molar-refractivity contribution in [2.24, 2.45) is 27.2 Å². The molecule has 0 N–H and O–H groups in total. The van der Waals surface area contributed by atoms with Crippen LogP contribution in [-0.4, -0.2) is 24.8 Å². The largest absolute Gasteiger partial charge is 0.451 e. The first-order chi connectivity index (χ1) is 7.12. The second-order valence-electron chi connectivity index (χ2n) is 5.26. The Bertz CT molecular complexity index is 310. The molecule has 0 bridgehead atoms. The lowest BCUT2D eigenvalue weighted by molar-refractivity contribution is -0.0601. The summed E-state index contributed by atoms with van der Waals surface area (Å²) in [4.78, 5) is 6.93. The Morgan fingerprint density at radius 3 is 2.19 bits per heavy atom. The molecule has 0 saturated carbocycles. The van der Waals surface area contributed by atoms with Gasteiger partial charge in [0.15, 0.2) is 0 Å². The van der Waals surface area contributed by atoms with Crippen molar-refractivity contribution in [2.45, 2.75) is 33.9 Å². The summed E-state index contributed by atoms with van der Waals surface area (Å²) in [5.41, 5.74) is 0.0436. The summed E-state index contributed by atoms with van der Waals surface area (Å²) >= 11 is 0. The topological polar surface area (TPSA) is 24.7 Å². The summed E-state index contributed by atoms with van der Waals surface area (Å²) in [5.74, 6) is -0.772. The van der Waals surface area contributed by atoms with Gasteiger partial charge < -0.3 is 0 Å². The summed E-state index contributed by atoms with van der Waals surface area (Å²) in [6, 6.07) is 0. The minimum Gasteiger partial charge on any atom is -0.262 e. The summed E-state index contributed by atoms with van der Waals surface area (Å²) in [6.07, 6.45) is -3.03. The third-order valence-corrected chi connectivity index (χ3v) is 3.10. The molecular weight excluding hydrogens is 217 g/mol. The Hall–Kier alpha value is -0.870. The number of alkyl halides is 3. The van der Waals surface area contributed by atoms with Crippen LogP contribution >= 0.6 is 0 Å². The van der Waals surface area contributed by atoms with Gasteiger partial charge in [-0.3, -0.25) is 4.99 Å². The lowest BCUT2D eigenvalue weighted by Gasteiger charge is -2.32. The van der Waals surface area contributed by atoms with Gasteiger partial charge in [0.25, 0.3) is 0 Å². The molecular formula is C11H17F3N2. The van der Waals surface area contributed by atoms with Gasteiger partial charge in [0.05, 0.1) is 0 Å². The van der Waals surface area contributed by atoms with Gasteiger partial charge in [-0.2, -0.15) is 13.2 Å². The van der Waals surface area contributed by atoms with Crippen LogP contribution in [0, 0.1) is 17.3 Å². The van der Waals surface area contributed by atoms with E-state index in [-0.39, 0.29) is 23.8 Å². The highest BCUT2D eigenvalue weighted by atomic mass is 19.4. The Morgan fingerprint density at radius 1 is 1.31 bits per heavy atom. The highest BCUT2D eigenvalue weighted by Gasteiger charge is 2.38. The fraction of sp³-hybridized carbons (Fsp3) is 0.818. The minimum atomic E-state index is -4.42. The van der Waals surface area contributed by atoms with Crippen molar-refractivity contribution in [1.82, 2.24) is 0 Å². The number of amidine groups is 1. The fourth-order valence-electron chi connectivity index (χ4n) is 1.54. The third kappa shape index (κ3) is 3.06. The molecule has 0 spiro atoms. The summed E-state index contributed by atoms with van der Waals surface area (Å²) in [6.45, 7) is 8.39. The van der Waals surface area contributed by atoms with Crippen molar-refractivity contribution in [2.75, 3.05) is 6.54 Å². The first-order valence-electron chi connectivity index (χ1n) is 5.28. The van der Waals surface area contributed by atoms with E-state index < -0.39 is 12.0 Å². The number of hydrogen-bond donors (Lipinski definition) is 0. The maximum atomic E-state index is 12.3. The lowest BCUT2D eigenvalue weighted by Crippen LogP contribution is -2.33. The average molecular weight is 234 g/mol. The van der Waals surface area contributed by atoms with Gasteiger partial charge in [0, 0.05) is 18.7 Å². The molecule has 92 valence electrons. The lowest BCUT2D eigenvalue weighted by atomic mass is 9.74. The van der Waals surface area contributed by atoms with Crippen molar-refractivity contribution < 1.29 is 13.2 Å². The molecule has 0 amide bonds. The molecule has 2 atom stereocenters. The molecule has 0 aromatic rings. The number of halogens is 3. The van der Waals surface area contributed by atoms with E-state index in [1.54, 1.807) is 0 Å². The van der Waals surface area contributed by atoms with Gasteiger partial charge in [-0.1, -0.05) is 27.7 Å². The van der Waals surface area contributed by atoms with Gasteiger partial charge in [-0.15, -0.1) is 0 Å². The van der Waals surface area contributed by atoms with Crippen molar-refractivity contribution in [3.05, 3.63) is 0 Å². The van der Waals surface area contributed by atoms with Crippen molar-refractivity contribution in [1.29, 1.82) is 0 Å². The van der Waals surface area contributed by atoms with E-state index >= 15 is 0 Å². The molecule has 0 saturated heterocycles. The van der Waals surface area contributed by atoms with Gasteiger partial charge in [0.1, 0.15) is 0 Å². The van der Waals surface area contributed by atoms with Crippen molar-refractivity contribution in [3.8, 4) is 0 Å². The maximum Gasteiger partial charge on any atom is 0.451 e. The molecule has 0 radical (unpaired) electrons. The van der Waals surface area contributed by atoms with Crippen LogP contribution in [0.5, 0.6) is 0 Å². The van der Waals surface area contributed by atoms with E-state index in [1.165, 1.54) is 6.21 Å². The molecule has 1 aliphatic heterocycles. The van der Waals surface area contributed by atoms with Crippen LogP contribution in [0.3, 0.4) is 0 Å². The highest BCUT2D eigenvalue weighted by molar-refractivity contribution is 5.95. The van der Waals surface area contributed by atoms with E-state index in [0.29, 0.717) is 0 Å². The molecule has 0 fully saturated rings. The zero-order valence-corrected chi connectivity index (χ0v) is 9.97.